The molecule has 2 aliphatic rings. The fourth-order valence-electron chi connectivity index (χ4n) is 4.01. The summed E-state index contributed by atoms with van der Waals surface area (Å²) in [7, 11) is 0. The van der Waals surface area contributed by atoms with Crippen molar-refractivity contribution in [3.05, 3.63) is 41.6 Å². The molecule has 1 saturated carbocycles. The summed E-state index contributed by atoms with van der Waals surface area (Å²) in [5, 5.41) is 2.81. The molecule has 4 rings (SSSR count). The second-order valence-corrected chi connectivity index (χ2v) is 8.56. The standard InChI is InChI=1S/C21H22ClF4N3O3/c22-16-3-1-13(7-17(16)23)18-9-29(11-28-18)14-2-4-19(31-10-14)20(30)27-8-12-5-15(6-12)32-21(24,25)26/h1,3,7,9,11-12,14-15,19H,2,4-6,8,10H2,(H,27,30)/t12-,14-,15-,19+/m1/s1. The van der Waals surface area contributed by atoms with Crippen molar-refractivity contribution in [2.75, 3.05) is 13.2 Å². The van der Waals surface area contributed by atoms with E-state index in [9.17, 15) is 22.4 Å². The highest BCUT2D eigenvalue weighted by Crippen LogP contribution is 2.34. The summed E-state index contributed by atoms with van der Waals surface area (Å²) in [6.45, 7) is 0.621. The molecule has 6 nitrogen and oxygen atoms in total. The van der Waals surface area contributed by atoms with Gasteiger partial charge in [0.25, 0.3) is 0 Å². The Morgan fingerprint density at radius 1 is 1.31 bits per heavy atom. The van der Waals surface area contributed by atoms with Crippen molar-refractivity contribution in [3.63, 3.8) is 0 Å². The van der Waals surface area contributed by atoms with Crippen molar-refractivity contribution in [2.45, 2.75) is 50.3 Å². The van der Waals surface area contributed by atoms with Gasteiger partial charge in [0.15, 0.2) is 0 Å². The fraction of sp³-hybridized carbons (Fsp3) is 0.524. The summed E-state index contributed by atoms with van der Waals surface area (Å²) in [5.41, 5.74) is 1.22. The maximum Gasteiger partial charge on any atom is 0.522 e. The lowest BCUT2D eigenvalue weighted by molar-refractivity contribution is -0.354. The third kappa shape index (κ3) is 5.60. The molecular weight excluding hydrogens is 454 g/mol. The normalized spacial score (nSPS) is 25.9. The number of ether oxygens (including phenoxy) is 2. The quantitative estimate of drug-likeness (QED) is 0.625. The molecule has 0 radical (unpaired) electrons. The van der Waals surface area contributed by atoms with Gasteiger partial charge in [0.2, 0.25) is 5.91 Å². The van der Waals surface area contributed by atoms with E-state index in [4.69, 9.17) is 16.3 Å². The van der Waals surface area contributed by atoms with E-state index >= 15 is 0 Å². The third-order valence-corrected chi connectivity index (χ3v) is 6.15. The summed E-state index contributed by atoms with van der Waals surface area (Å²) in [6, 6.07) is 4.48. The highest BCUT2D eigenvalue weighted by Gasteiger charge is 2.40. The smallest absolute Gasteiger partial charge is 0.366 e. The zero-order valence-corrected chi connectivity index (χ0v) is 17.7. The second-order valence-electron chi connectivity index (χ2n) is 8.16. The monoisotopic (exact) mass is 475 g/mol. The summed E-state index contributed by atoms with van der Waals surface area (Å²) in [4.78, 5) is 16.6. The van der Waals surface area contributed by atoms with Crippen LogP contribution >= 0.6 is 11.6 Å². The van der Waals surface area contributed by atoms with E-state index in [-0.39, 0.29) is 35.7 Å². The zero-order chi connectivity index (χ0) is 22.9. The van der Waals surface area contributed by atoms with E-state index in [0.29, 0.717) is 37.3 Å². The van der Waals surface area contributed by atoms with E-state index in [1.165, 1.54) is 12.1 Å². The molecule has 2 aromatic rings. The molecule has 1 aromatic carbocycles. The SMILES string of the molecule is O=C(NC[C@H]1C[C@H](OC(F)(F)F)C1)[C@@H]1CC[C@@H](n2cnc(-c3ccc(Cl)c(F)c3)c2)CO1. The van der Waals surface area contributed by atoms with Crippen molar-refractivity contribution in [2.24, 2.45) is 5.92 Å². The lowest BCUT2D eigenvalue weighted by atomic mass is 9.82. The molecule has 1 N–H and O–H groups in total. The number of nitrogens with zero attached hydrogens (tertiary/aromatic N) is 2. The van der Waals surface area contributed by atoms with Crippen molar-refractivity contribution >= 4 is 17.5 Å². The number of carbonyl (C=O) groups is 1. The first-order chi connectivity index (χ1) is 15.2. The number of halogens is 5. The molecule has 1 aromatic heterocycles. The van der Waals surface area contributed by atoms with E-state index in [1.54, 1.807) is 18.6 Å². The number of alkyl halides is 3. The molecule has 174 valence electrons. The molecule has 0 spiro atoms. The van der Waals surface area contributed by atoms with Crippen LogP contribution in [-0.4, -0.2) is 47.2 Å². The topological polar surface area (TPSA) is 65.4 Å². The van der Waals surface area contributed by atoms with Gasteiger partial charge in [-0.25, -0.2) is 9.37 Å². The predicted molar refractivity (Wildman–Crippen MR) is 107 cm³/mol. The van der Waals surface area contributed by atoms with Crippen molar-refractivity contribution in [1.82, 2.24) is 14.9 Å². The number of hydrogen-bond acceptors (Lipinski definition) is 4. The maximum absolute atomic E-state index is 13.7. The fourth-order valence-corrected chi connectivity index (χ4v) is 4.12. The van der Waals surface area contributed by atoms with Crippen molar-refractivity contribution in [3.8, 4) is 11.3 Å². The molecule has 2 heterocycles. The lowest BCUT2D eigenvalue weighted by Crippen LogP contribution is -2.46. The van der Waals surface area contributed by atoms with Gasteiger partial charge in [0.1, 0.15) is 11.9 Å². The third-order valence-electron chi connectivity index (χ3n) is 5.84. The van der Waals surface area contributed by atoms with Crippen LogP contribution in [-0.2, 0) is 14.3 Å². The van der Waals surface area contributed by atoms with Gasteiger partial charge < -0.3 is 14.6 Å². The first-order valence-electron chi connectivity index (χ1n) is 10.3. The highest BCUT2D eigenvalue weighted by atomic mass is 35.5. The summed E-state index contributed by atoms with van der Waals surface area (Å²) in [6.07, 6.45) is -0.860. The highest BCUT2D eigenvalue weighted by molar-refractivity contribution is 6.30. The minimum atomic E-state index is -4.62. The number of hydrogen-bond donors (Lipinski definition) is 1. The average Bonchev–Trinajstić information content (AvgIpc) is 3.21. The largest absolute Gasteiger partial charge is 0.522 e. The molecule has 1 aliphatic carbocycles. The Hall–Kier alpha value is -2.17. The van der Waals surface area contributed by atoms with Crippen molar-refractivity contribution in [1.29, 1.82) is 0 Å². The summed E-state index contributed by atoms with van der Waals surface area (Å²) in [5.74, 6) is -0.796. The molecule has 2 fully saturated rings. The van der Waals surface area contributed by atoms with Gasteiger partial charge in [0.05, 0.1) is 35.8 Å². The Bertz CT molecular complexity index is 954. The molecule has 0 unspecified atom stereocenters. The van der Waals surface area contributed by atoms with Crippen LogP contribution in [0.3, 0.4) is 0 Å². The van der Waals surface area contributed by atoms with Crippen LogP contribution in [0.25, 0.3) is 11.3 Å². The number of benzene rings is 1. The van der Waals surface area contributed by atoms with Gasteiger partial charge in [-0.2, -0.15) is 0 Å². The first-order valence-corrected chi connectivity index (χ1v) is 10.7. The van der Waals surface area contributed by atoms with E-state index in [2.05, 4.69) is 15.0 Å². The first kappa shape index (κ1) is 23.0. The van der Waals surface area contributed by atoms with E-state index < -0.39 is 24.4 Å². The Balaban J connectivity index is 1.21. The molecular formula is C21H22ClF4N3O3. The Labute approximate surface area is 186 Å². The van der Waals surface area contributed by atoms with Gasteiger partial charge in [-0.1, -0.05) is 17.7 Å². The lowest BCUT2D eigenvalue weighted by Gasteiger charge is -2.36. The number of nitrogens with one attached hydrogen (secondary N) is 1. The molecule has 1 amide bonds. The number of amides is 1. The number of rotatable bonds is 6. The van der Waals surface area contributed by atoms with Gasteiger partial charge in [-0.3, -0.25) is 9.53 Å². The van der Waals surface area contributed by atoms with Crippen LogP contribution in [0, 0.1) is 11.7 Å². The molecule has 2 atom stereocenters. The predicted octanol–water partition coefficient (Wildman–Crippen LogP) is 4.49. The molecule has 1 aliphatic heterocycles. The molecule has 0 bridgehead atoms. The maximum atomic E-state index is 13.7. The summed E-state index contributed by atoms with van der Waals surface area (Å²) < 4.78 is 61.7. The average molecular weight is 476 g/mol. The van der Waals surface area contributed by atoms with Gasteiger partial charge in [0, 0.05) is 18.3 Å². The Morgan fingerprint density at radius 2 is 2.09 bits per heavy atom. The molecule has 32 heavy (non-hydrogen) atoms. The van der Waals surface area contributed by atoms with Crippen LogP contribution in [0.4, 0.5) is 17.6 Å². The van der Waals surface area contributed by atoms with Gasteiger partial charge in [-0.15, -0.1) is 13.2 Å². The Morgan fingerprint density at radius 3 is 2.75 bits per heavy atom. The minimum Gasteiger partial charge on any atom is -0.366 e. The minimum absolute atomic E-state index is 0.00986. The van der Waals surface area contributed by atoms with E-state index in [0.717, 1.165) is 0 Å². The van der Waals surface area contributed by atoms with Crippen LogP contribution in [0.1, 0.15) is 31.7 Å². The Kier molecular flexibility index (Phi) is 6.73. The number of imidazole rings is 1. The summed E-state index contributed by atoms with van der Waals surface area (Å²) >= 11 is 5.72. The van der Waals surface area contributed by atoms with Crippen LogP contribution < -0.4 is 5.32 Å². The van der Waals surface area contributed by atoms with Gasteiger partial charge >= 0.3 is 6.36 Å². The van der Waals surface area contributed by atoms with Crippen LogP contribution in [0.2, 0.25) is 5.02 Å². The second kappa shape index (κ2) is 9.36. The van der Waals surface area contributed by atoms with Crippen LogP contribution in [0.15, 0.2) is 30.7 Å². The number of carbonyl (C=O) groups excluding carboxylic acids is 1. The molecule has 1 saturated heterocycles. The zero-order valence-electron chi connectivity index (χ0n) is 16.9. The van der Waals surface area contributed by atoms with Gasteiger partial charge in [-0.05, 0) is 43.7 Å². The molecule has 11 heteroatoms. The van der Waals surface area contributed by atoms with Crippen molar-refractivity contribution < 1.29 is 31.8 Å². The number of aromatic nitrogens is 2. The van der Waals surface area contributed by atoms with Crippen LogP contribution in [0.5, 0.6) is 0 Å². The van der Waals surface area contributed by atoms with E-state index in [1.807, 2.05) is 4.57 Å².